The highest BCUT2D eigenvalue weighted by molar-refractivity contribution is 4.79. The van der Waals surface area contributed by atoms with Gasteiger partial charge in [-0.3, -0.25) is 0 Å². The lowest BCUT2D eigenvalue weighted by molar-refractivity contribution is 0.200. The van der Waals surface area contributed by atoms with E-state index in [4.69, 9.17) is 5.73 Å². The van der Waals surface area contributed by atoms with Crippen LogP contribution in [0.1, 0.15) is 32.1 Å². The van der Waals surface area contributed by atoms with E-state index in [1.165, 1.54) is 58.3 Å². The van der Waals surface area contributed by atoms with Crippen molar-refractivity contribution in [3.63, 3.8) is 0 Å². The Balaban J connectivity index is 1.67. The number of likely N-dealkylation sites (tertiary alicyclic amines) is 1. The Morgan fingerprint density at radius 2 is 1.94 bits per heavy atom. The number of rotatable bonds is 4. The van der Waals surface area contributed by atoms with Crippen molar-refractivity contribution in [2.24, 2.45) is 17.6 Å². The van der Waals surface area contributed by atoms with E-state index < -0.39 is 0 Å². The fourth-order valence-corrected chi connectivity index (χ4v) is 3.63. The van der Waals surface area contributed by atoms with Crippen molar-refractivity contribution in [1.29, 1.82) is 0 Å². The van der Waals surface area contributed by atoms with Crippen LogP contribution in [0, 0.1) is 11.8 Å². The Kier molecular flexibility index (Phi) is 4.83. The van der Waals surface area contributed by atoms with Gasteiger partial charge in [0, 0.05) is 25.7 Å². The van der Waals surface area contributed by atoms with E-state index in [0.29, 0.717) is 6.04 Å². The Bertz CT molecular complexity index is 232. The summed E-state index contributed by atoms with van der Waals surface area (Å²) in [4.78, 5) is 5.00. The molecule has 0 bridgehead atoms. The molecule has 2 fully saturated rings. The zero-order valence-electron chi connectivity index (χ0n) is 11.6. The van der Waals surface area contributed by atoms with Crippen LogP contribution in [-0.2, 0) is 0 Å². The van der Waals surface area contributed by atoms with Gasteiger partial charge in [-0.25, -0.2) is 0 Å². The average Bonchev–Trinajstić information content (AvgIpc) is 2.63. The second-order valence-electron chi connectivity index (χ2n) is 6.43. The first-order chi connectivity index (χ1) is 8.13. The molecule has 1 heterocycles. The third-order valence-corrected chi connectivity index (χ3v) is 4.45. The van der Waals surface area contributed by atoms with Crippen molar-refractivity contribution < 1.29 is 0 Å². The van der Waals surface area contributed by atoms with Crippen LogP contribution in [0.2, 0.25) is 0 Å². The highest BCUT2D eigenvalue weighted by Gasteiger charge is 2.24. The maximum Gasteiger partial charge on any atom is 0.00419 e. The molecule has 3 nitrogen and oxygen atoms in total. The minimum atomic E-state index is 0.472. The predicted molar refractivity (Wildman–Crippen MR) is 73.0 cm³/mol. The van der Waals surface area contributed by atoms with E-state index in [0.717, 1.165) is 11.8 Å². The Labute approximate surface area is 106 Å². The van der Waals surface area contributed by atoms with Crippen LogP contribution in [-0.4, -0.2) is 56.1 Å². The molecule has 3 atom stereocenters. The van der Waals surface area contributed by atoms with Gasteiger partial charge in [0.05, 0.1) is 0 Å². The first-order valence-electron chi connectivity index (χ1n) is 7.26. The summed E-state index contributed by atoms with van der Waals surface area (Å²) in [5.41, 5.74) is 6.06. The summed E-state index contributed by atoms with van der Waals surface area (Å²) in [6, 6.07) is 0.472. The molecule has 3 unspecified atom stereocenters. The summed E-state index contributed by atoms with van der Waals surface area (Å²) in [5.74, 6) is 1.74. The Morgan fingerprint density at radius 1 is 1.18 bits per heavy atom. The topological polar surface area (TPSA) is 32.5 Å². The third-order valence-electron chi connectivity index (χ3n) is 4.45. The van der Waals surface area contributed by atoms with Crippen molar-refractivity contribution in [1.82, 2.24) is 9.80 Å². The van der Waals surface area contributed by atoms with Gasteiger partial charge in [-0.2, -0.15) is 0 Å². The molecule has 0 aromatic rings. The van der Waals surface area contributed by atoms with Crippen LogP contribution in [0.3, 0.4) is 0 Å². The second kappa shape index (κ2) is 6.17. The van der Waals surface area contributed by atoms with Crippen LogP contribution in [0.5, 0.6) is 0 Å². The molecule has 2 rings (SSSR count). The molecule has 0 aromatic heterocycles. The Morgan fingerprint density at radius 3 is 2.59 bits per heavy atom. The molecular weight excluding hydrogens is 210 g/mol. The van der Waals surface area contributed by atoms with Gasteiger partial charge in [0.25, 0.3) is 0 Å². The van der Waals surface area contributed by atoms with Gasteiger partial charge in [-0.1, -0.05) is 6.42 Å². The second-order valence-corrected chi connectivity index (χ2v) is 6.43. The maximum atomic E-state index is 6.06. The maximum absolute atomic E-state index is 6.06. The van der Waals surface area contributed by atoms with Crippen molar-refractivity contribution in [2.45, 2.75) is 38.1 Å². The molecule has 0 spiro atoms. The van der Waals surface area contributed by atoms with Crippen molar-refractivity contribution in [2.75, 3.05) is 40.3 Å². The summed E-state index contributed by atoms with van der Waals surface area (Å²) in [6.45, 7) is 5.10. The van der Waals surface area contributed by atoms with E-state index >= 15 is 0 Å². The fraction of sp³-hybridized carbons (Fsp3) is 1.00. The average molecular weight is 239 g/mol. The molecule has 1 saturated carbocycles. The van der Waals surface area contributed by atoms with Gasteiger partial charge in [0.15, 0.2) is 0 Å². The fourth-order valence-electron chi connectivity index (χ4n) is 3.63. The standard InChI is InChI=1S/C14H29N3/c1-16-7-6-13(10-16)11-17(2)9-12-4-3-5-14(15)8-12/h12-14H,3-11,15H2,1-2H3. The van der Waals surface area contributed by atoms with E-state index in [1.54, 1.807) is 0 Å². The van der Waals surface area contributed by atoms with Crippen LogP contribution in [0.4, 0.5) is 0 Å². The molecule has 1 saturated heterocycles. The smallest absolute Gasteiger partial charge is 0.00419 e. The van der Waals surface area contributed by atoms with Gasteiger partial charge < -0.3 is 15.5 Å². The SMILES string of the molecule is CN1CCC(CN(C)CC2CCCC(N)C2)C1. The summed E-state index contributed by atoms with van der Waals surface area (Å²) in [5, 5.41) is 0. The predicted octanol–water partition coefficient (Wildman–Crippen LogP) is 1.39. The largest absolute Gasteiger partial charge is 0.328 e. The van der Waals surface area contributed by atoms with E-state index in [1.807, 2.05) is 0 Å². The summed E-state index contributed by atoms with van der Waals surface area (Å²) >= 11 is 0. The molecule has 2 aliphatic rings. The number of nitrogens with two attached hydrogens (primary N) is 1. The summed E-state index contributed by atoms with van der Waals surface area (Å²) < 4.78 is 0. The Hall–Kier alpha value is -0.120. The van der Waals surface area contributed by atoms with E-state index in [9.17, 15) is 0 Å². The van der Waals surface area contributed by atoms with E-state index in [2.05, 4.69) is 23.9 Å². The number of nitrogens with zero attached hydrogens (tertiary/aromatic N) is 2. The quantitative estimate of drug-likeness (QED) is 0.804. The van der Waals surface area contributed by atoms with Crippen LogP contribution in [0.25, 0.3) is 0 Å². The molecule has 1 aliphatic heterocycles. The summed E-state index contributed by atoms with van der Waals surface area (Å²) in [6.07, 6.45) is 6.60. The van der Waals surface area contributed by atoms with Crippen molar-refractivity contribution in [3.8, 4) is 0 Å². The monoisotopic (exact) mass is 239 g/mol. The first-order valence-corrected chi connectivity index (χ1v) is 7.26. The van der Waals surface area contributed by atoms with Gasteiger partial charge in [-0.05, 0) is 58.2 Å². The molecule has 2 N–H and O–H groups in total. The molecule has 3 heteroatoms. The normalized spacial score (nSPS) is 35.6. The lowest BCUT2D eigenvalue weighted by Crippen LogP contribution is -2.36. The minimum Gasteiger partial charge on any atom is -0.328 e. The van der Waals surface area contributed by atoms with Gasteiger partial charge in [-0.15, -0.1) is 0 Å². The molecule has 0 radical (unpaired) electrons. The zero-order valence-corrected chi connectivity index (χ0v) is 11.6. The number of hydrogen-bond acceptors (Lipinski definition) is 3. The van der Waals surface area contributed by atoms with Crippen LogP contribution >= 0.6 is 0 Å². The van der Waals surface area contributed by atoms with Crippen LogP contribution < -0.4 is 5.73 Å². The summed E-state index contributed by atoms with van der Waals surface area (Å²) in [7, 11) is 4.53. The van der Waals surface area contributed by atoms with Gasteiger partial charge in [0.1, 0.15) is 0 Å². The molecule has 100 valence electrons. The molecular formula is C14H29N3. The molecule has 0 amide bonds. The molecule has 17 heavy (non-hydrogen) atoms. The van der Waals surface area contributed by atoms with Gasteiger partial charge in [0.2, 0.25) is 0 Å². The molecule has 0 aromatic carbocycles. The first kappa shape index (κ1) is 13.3. The number of hydrogen-bond donors (Lipinski definition) is 1. The van der Waals surface area contributed by atoms with Crippen molar-refractivity contribution >= 4 is 0 Å². The highest BCUT2D eigenvalue weighted by atomic mass is 15.1. The third kappa shape index (κ3) is 4.23. The van der Waals surface area contributed by atoms with Gasteiger partial charge >= 0.3 is 0 Å². The van der Waals surface area contributed by atoms with Crippen LogP contribution in [0.15, 0.2) is 0 Å². The lowest BCUT2D eigenvalue weighted by atomic mass is 9.86. The highest BCUT2D eigenvalue weighted by Crippen LogP contribution is 2.24. The zero-order chi connectivity index (χ0) is 12.3. The molecule has 1 aliphatic carbocycles. The van der Waals surface area contributed by atoms with Crippen molar-refractivity contribution in [3.05, 3.63) is 0 Å². The van der Waals surface area contributed by atoms with E-state index in [-0.39, 0.29) is 0 Å². The minimum absolute atomic E-state index is 0.472. The lowest BCUT2D eigenvalue weighted by Gasteiger charge is -2.31.